The molecule has 1 rings (SSSR count). The SMILES string of the molecule is C=Cn1cc(COC)nn1. The molecule has 0 bridgehead atoms. The van der Waals surface area contributed by atoms with Crippen LogP contribution in [-0.4, -0.2) is 22.1 Å². The molecule has 0 fully saturated rings. The van der Waals surface area contributed by atoms with Crippen LogP contribution in [0.15, 0.2) is 12.8 Å². The molecule has 0 N–H and O–H groups in total. The van der Waals surface area contributed by atoms with Gasteiger partial charge >= 0.3 is 0 Å². The maximum Gasteiger partial charge on any atom is 0.109 e. The molecule has 0 aliphatic rings. The zero-order chi connectivity index (χ0) is 7.40. The molecule has 0 radical (unpaired) electrons. The Bertz CT molecular complexity index is 219. The number of methoxy groups -OCH3 is 1. The highest BCUT2D eigenvalue weighted by atomic mass is 16.5. The minimum Gasteiger partial charge on any atom is -0.378 e. The average Bonchev–Trinajstić information content (AvgIpc) is 2.37. The Morgan fingerprint density at radius 3 is 3.20 bits per heavy atom. The highest BCUT2D eigenvalue weighted by molar-refractivity contribution is 5.13. The Hall–Kier alpha value is -1.16. The molecule has 4 heteroatoms. The minimum absolute atomic E-state index is 0.494. The van der Waals surface area contributed by atoms with Gasteiger partial charge in [0.25, 0.3) is 0 Å². The van der Waals surface area contributed by atoms with Crippen LogP contribution in [0.1, 0.15) is 5.69 Å². The standard InChI is InChI=1S/C6H9N3O/c1-3-9-4-6(5-10-2)7-8-9/h3-4H,1,5H2,2H3. The van der Waals surface area contributed by atoms with Crippen LogP contribution < -0.4 is 0 Å². The van der Waals surface area contributed by atoms with Crippen molar-refractivity contribution in [2.45, 2.75) is 6.61 Å². The smallest absolute Gasteiger partial charge is 0.109 e. The lowest BCUT2D eigenvalue weighted by atomic mass is 10.5. The van der Waals surface area contributed by atoms with E-state index < -0.39 is 0 Å². The van der Waals surface area contributed by atoms with E-state index in [2.05, 4.69) is 16.9 Å². The van der Waals surface area contributed by atoms with Gasteiger partial charge in [0.05, 0.1) is 12.8 Å². The van der Waals surface area contributed by atoms with Gasteiger partial charge in [0.2, 0.25) is 0 Å². The van der Waals surface area contributed by atoms with Crippen molar-refractivity contribution in [1.29, 1.82) is 0 Å². The summed E-state index contributed by atoms with van der Waals surface area (Å²) in [6.45, 7) is 4.02. The molecule has 0 saturated carbocycles. The molecule has 0 aliphatic carbocycles. The van der Waals surface area contributed by atoms with Crippen molar-refractivity contribution < 1.29 is 4.74 Å². The number of nitrogens with zero attached hydrogens (tertiary/aromatic N) is 3. The zero-order valence-electron chi connectivity index (χ0n) is 5.82. The Morgan fingerprint density at radius 2 is 2.70 bits per heavy atom. The van der Waals surface area contributed by atoms with E-state index in [1.54, 1.807) is 19.5 Å². The van der Waals surface area contributed by atoms with E-state index in [1.807, 2.05) is 0 Å². The Labute approximate surface area is 59.1 Å². The zero-order valence-corrected chi connectivity index (χ0v) is 5.82. The second kappa shape index (κ2) is 3.12. The van der Waals surface area contributed by atoms with E-state index in [0.29, 0.717) is 6.61 Å². The lowest BCUT2D eigenvalue weighted by Crippen LogP contribution is -1.85. The number of rotatable bonds is 3. The summed E-state index contributed by atoms with van der Waals surface area (Å²) in [5.74, 6) is 0. The van der Waals surface area contributed by atoms with Gasteiger partial charge in [-0.15, -0.1) is 5.10 Å². The minimum atomic E-state index is 0.494. The molecule has 0 saturated heterocycles. The topological polar surface area (TPSA) is 39.9 Å². The van der Waals surface area contributed by atoms with E-state index in [1.165, 1.54) is 4.68 Å². The third kappa shape index (κ3) is 1.41. The molecule has 0 aromatic carbocycles. The van der Waals surface area contributed by atoms with Gasteiger partial charge in [0, 0.05) is 13.3 Å². The van der Waals surface area contributed by atoms with Crippen LogP contribution >= 0.6 is 0 Å². The number of hydrogen-bond donors (Lipinski definition) is 0. The second-order valence-corrected chi connectivity index (χ2v) is 1.81. The first-order valence-electron chi connectivity index (χ1n) is 2.89. The maximum atomic E-state index is 4.84. The van der Waals surface area contributed by atoms with Gasteiger partial charge in [0.1, 0.15) is 5.69 Å². The van der Waals surface area contributed by atoms with E-state index in [4.69, 9.17) is 4.74 Å². The molecule has 4 nitrogen and oxygen atoms in total. The van der Waals surface area contributed by atoms with Crippen LogP contribution in [0.3, 0.4) is 0 Å². The highest BCUT2D eigenvalue weighted by Gasteiger charge is 1.94. The summed E-state index contributed by atoms with van der Waals surface area (Å²) < 4.78 is 6.37. The first-order valence-corrected chi connectivity index (χ1v) is 2.89. The van der Waals surface area contributed by atoms with Crippen molar-refractivity contribution in [2.75, 3.05) is 7.11 Å². The van der Waals surface area contributed by atoms with Crippen LogP contribution in [0.4, 0.5) is 0 Å². The van der Waals surface area contributed by atoms with Gasteiger partial charge in [-0.05, 0) is 0 Å². The molecular weight excluding hydrogens is 130 g/mol. The predicted molar refractivity (Wildman–Crippen MR) is 37.1 cm³/mol. The molecule has 0 atom stereocenters. The summed E-state index contributed by atoms with van der Waals surface area (Å²) >= 11 is 0. The van der Waals surface area contributed by atoms with Crippen molar-refractivity contribution >= 4 is 6.20 Å². The van der Waals surface area contributed by atoms with Crippen LogP contribution in [0.25, 0.3) is 6.20 Å². The van der Waals surface area contributed by atoms with E-state index in [9.17, 15) is 0 Å². The number of hydrogen-bond acceptors (Lipinski definition) is 3. The molecule has 0 aliphatic heterocycles. The van der Waals surface area contributed by atoms with Crippen LogP contribution in [-0.2, 0) is 11.3 Å². The number of ether oxygens (including phenoxy) is 1. The first kappa shape index (κ1) is 6.95. The summed E-state index contributed by atoms with van der Waals surface area (Å²) in [5, 5.41) is 7.52. The second-order valence-electron chi connectivity index (χ2n) is 1.81. The normalized spacial score (nSPS) is 9.70. The molecule has 1 aromatic heterocycles. The van der Waals surface area contributed by atoms with Gasteiger partial charge in [-0.25, -0.2) is 4.68 Å². The fourth-order valence-corrected chi connectivity index (χ4v) is 0.617. The summed E-state index contributed by atoms with van der Waals surface area (Å²) in [7, 11) is 1.62. The van der Waals surface area contributed by atoms with Crippen molar-refractivity contribution in [3.8, 4) is 0 Å². The van der Waals surface area contributed by atoms with Crippen LogP contribution in [0, 0.1) is 0 Å². The van der Waals surface area contributed by atoms with E-state index >= 15 is 0 Å². The summed E-state index contributed by atoms with van der Waals surface area (Å²) in [5.41, 5.74) is 0.808. The molecule has 0 amide bonds. The maximum absolute atomic E-state index is 4.84. The molecule has 1 heterocycles. The molecule has 54 valence electrons. The lowest BCUT2D eigenvalue weighted by molar-refractivity contribution is 0.181. The molecule has 10 heavy (non-hydrogen) atoms. The monoisotopic (exact) mass is 139 g/mol. The average molecular weight is 139 g/mol. The summed E-state index contributed by atoms with van der Waals surface area (Å²) in [6, 6.07) is 0. The number of aromatic nitrogens is 3. The fourth-order valence-electron chi connectivity index (χ4n) is 0.617. The highest BCUT2D eigenvalue weighted by Crippen LogP contribution is 1.93. The Morgan fingerprint density at radius 1 is 1.90 bits per heavy atom. The largest absolute Gasteiger partial charge is 0.378 e. The fraction of sp³-hybridized carbons (Fsp3) is 0.333. The van der Waals surface area contributed by atoms with Gasteiger partial charge in [0.15, 0.2) is 0 Å². The van der Waals surface area contributed by atoms with Gasteiger partial charge in [-0.2, -0.15) is 0 Å². The quantitative estimate of drug-likeness (QED) is 0.613. The van der Waals surface area contributed by atoms with Crippen molar-refractivity contribution in [3.63, 3.8) is 0 Å². The van der Waals surface area contributed by atoms with Gasteiger partial charge in [-0.3, -0.25) is 0 Å². The van der Waals surface area contributed by atoms with E-state index in [0.717, 1.165) is 5.69 Å². The Balaban J connectivity index is 2.68. The predicted octanol–water partition coefficient (Wildman–Crippen LogP) is 0.525. The van der Waals surface area contributed by atoms with Crippen LogP contribution in [0.2, 0.25) is 0 Å². The molecule has 1 aromatic rings. The van der Waals surface area contributed by atoms with Crippen LogP contribution in [0.5, 0.6) is 0 Å². The van der Waals surface area contributed by atoms with Crippen molar-refractivity contribution in [1.82, 2.24) is 15.0 Å². The molecule has 0 unspecified atom stereocenters. The van der Waals surface area contributed by atoms with Crippen molar-refractivity contribution in [2.24, 2.45) is 0 Å². The summed E-state index contributed by atoms with van der Waals surface area (Å²) in [4.78, 5) is 0. The van der Waals surface area contributed by atoms with Gasteiger partial charge < -0.3 is 4.74 Å². The lowest BCUT2D eigenvalue weighted by Gasteiger charge is -1.87. The van der Waals surface area contributed by atoms with Crippen molar-refractivity contribution in [3.05, 3.63) is 18.5 Å². The Kier molecular flexibility index (Phi) is 2.17. The van der Waals surface area contributed by atoms with Gasteiger partial charge in [-0.1, -0.05) is 11.8 Å². The third-order valence-electron chi connectivity index (χ3n) is 1.04. The molecule has 0 spiro atoms. The summed E-state index contributed by atoms with van der Waals surface area (Å²) in [6.07, 6.45) is 3.34. The third-order valence-corrected chi connectivity index (χ3v) is 1.04. The van der Waals surface area contributed by atoms with E-state index in [-0.39, 0.29) is 0 Å². The first-order chi connectivity index (χ1) is 4.86. The molecular formula is C6H9N3O.